The summed E-state index contributed by atoms with van der Waals surface area (Å²) in [5, 5.41) is 0. The molecule has 1 fully saturated rings. The Labute approximate surface area is 119 Å². The first-order valence-electron chi connectivity index (χ1n) is 4.75. The molecule has 0 aliphatic carbocycles. The van der Waals surface area contributed by atoms with Gasteiger partial charge in [0, 0.05) is 26.1 Å². The molecule has 0 spiro atoms. The third kappa shape index (κ3) is 4.62. The molecule has 2 aliphatic rings. The molecule has 14 heavy (non-hydrogen) atoms. The minimum absolute atomic E-state index is 0. The first-order chi connectivity index (χ1) is 5.47. The highest BCUT2D eigenvalue weighted by molar-refractivity contribution is 8.93. The molecule has 2 nitrogen and oxygen atoms in total. The number of hydrogen-bond acceptors (Lipinski definition) is 2. The number of halogens is 3. The Kier molecular flexibility index (Phi) is 11.3. The van der Waals surface area contributed by atoms with Crippen LogP contribution in [-0.2, 0) is 0 Å². The van der Waals surface area contributed by atoms with Crippen LogP contribution in [0.25, 0.3) is 0 Å². The summed E-state index contributed by atoms with van der Waals surface area (Å²) >= 11 is 0. The van der Waals surface area contributed by atoms with Crippen LogP contribution in [0.15, 0.2) is 4.99 Å². The number of amidine groups is 1. The lowest BCUT2D eigenvalue weighted by atomic mass is 10.2. The molecule has 86 valence electrons. The molecule has 2 heterocycles. The molecule has 0 N–H and O–H groups in total. The lowest BCUT2D eigenvalue weighted by molar-refractivity contribution is -0.00000265. The molecule has 0 radical (unpaired) electrons. The monoisotopic (exact) mass is 392 g/mol. The van der Waals surface area contributed by atoms with Crippen molar-refractivity contribution in [3.05, 3.63) is 0 Å². The van der Waals surface area contributed by atoms with Crippen molar-refractivity contribution < 1.29 is 18.4 Å². The summed E-state index contributed by atoms with van der Waals surface area (Å²) < 4.78 is 0. The van der Waals surface area contributed by atoms with Crippen molar-refractivity contribution in [3.63, 3.8) is 0 Å². The van der Waals surface area contributed by atoms with Crippen LogP contribution in [0.5, 0.6) is 0 Å². The maximum atomic E-state index is 4.55. The minimum atomic E-state index is 0. The van der Waals surface area contributed by atoms with Gasteiger partial charge >= 0.3 is 1.43 Å². The topological polar surface area (TPSA) is 15.6 Å². The van der Waals surface area contributed by atoms with Gasteiger partial charge in [-0.15, -0.1) is 34.0 Å². The van der Waals surface area contributed by atoms with E-state index in [1.807, 2.05) is 0 Å². The molecule has 0 aromatic carbocycles. The van der Waals surface area contributed by atoms with Gasteiger partial charge in [0.05, 0.1) is 5.84 Å². The van der Waals surface area contributed by atoms with E-state index in [0.717, 1.165) is 6.54 Å². The van der Waals surface area contributed by atoms with Crippen LogP contribution in [0.3, 0.4) is 0 Å². The number of hydrogen-bond donors (Lipinski definition) is 0. The van der Waals surface area contributed by atoms with Gasteiger partial charge in [-0.25, -0.2) is 0 Å². The van der Waals surface area contributed by atoms with Gasteiger partial charge in [0.15, 0.2) is 0 Å². The van der Waals surface area contributed by atoms with Crippen LogP contribution in [0, 0.1) is 0 Å². The van der Waals surface area contributed by atoms with E-state index >= 15 is 0 Å². The van der Waals surface area contributed by atoms with Crippen LogP contribution in [-0.4, -0.2) is 30.4 Å². The van der Waals surface area contributed by atoms with Gasteiger partial charge in [-0.3, -0.25) is 4.99 Å². The predicted molar refractivity (Wildman–Crippen MR) is 68.7 cm³/mol. The molecule has 0 aromatic heterocycles. The molecule has 2 rings (SSSR count). The van der Waals surface area contributed by atoms with E-state index in [4.69, 9.17) is 0 Å². The highest BCUT2D eigenvalue weighted by atomic mass is 79.9. The maximum absolute atomic E-state index is 4.55. The lowest BCUT2D eigenvalue weighted by Gasteiger charge is -2.27. The van der Waals surface area contributed by atoms with E-state index in [2.05, 4.69) is 9.89 Å². The molecule has 0 amide bonds. The number of aliphatic imine (C=N–C) groups is 1. The van der Waals surface area contributed by atoms with Crippen LogP contribution in [0.2, 0.25) is 0 Å². The van der Waals surface area contributed by atoms with E-state index in [0.29, 0.717) is 0 Å². The second-order valence-electron chi connectivity index (χ2n) is 3.45. The third-order valence-corrected chi connectivity index (χ3v) is 2.57. The molecule has 0 atom stereocenters. The summed E-state index contributed by atoms with van der Waals surface area (Å²) in [6.07, 6.45) is 6.63. The van der Waals surface area contributed by atoms with Crippen molar-refractivity contribution in [3.8, 4) is 0 Å². The van der Waals surface area contributed by atoms with Crippen LogP contribution < -0.4 is 17.0 Å². The molecule has 0 bridgehead atoms. The first kappa shape index (κ1) is 17.3. The van der Waals surface area contributed by atoms with E-state index in [9.17, 15) is 0 Å². The van der Waals surface area contributed by atoms with E-state index in [1.165, 1.54) is 51.0 Å². The van der Waals surface area contributed by atoms with E-state index in [1.54, 1.807) is 0 Å². The number of rotatable bonds is 0. The standard InChI is InChI=1S/C9H16N2.3BrH/c1-2-5-9-10-6-4-8-11(9)7-3-1;;;/h1-8H2;3*1H. The second kappa shape index (κ2) is 9.16. The number of nitrogens with zero attached hydrogens (tertiary/aromatic N) is 2. The largest absolute Gasteiger partial charge is 1.00 e. The van der Waals surface area contributed by atoms with Gasteiger partial charge in [0.2, 0.25) is 0 Å². The summed E-state index contributed by atoms with van der Waals surface area (Å²) in [6.45, 7) is 3.60. The fourth-order valence-corrected chi connectivity index (χ4v) is 1.94. The van der Waals surface area contributed by atoms with Crippen molar-refractivity contribution in [1.82, 2.24) is 4.90 Å². The molecular weight excluding hydrogens is 376 g/mol. The smallest absolute Gasteiger partial charge is 1.00 e. The average molecular weight is 395 g/mol. The SMILES string of the molecule is Br.Br.C1CCC2=NCCCN2CC1.[Br-].[H+]. The van der Waals surface area contributed by atoms with E-state index in [-0.39, 0.29) is 52.4 Å². The van der Waals surface area contributed by atoms with Crippen molar-refractivity contribution in [2.45, 2.75) is 32.1 Å². The zero-order chi connectivity index (χ0) is 7.52. The molecular formula is C9H19Br3N2. The Morgan fingerprint density at radius 1 is 1.00 bits per heavy atom. The van der Waals surface area contributed by atoms with Gasteiger partial charge < -0.3 is 21.9 Å². The maximum Gasteiger partial charge on any atom is 1.00 e. The van der Waals surface area contributed by atoms with Crippen molar-refractivity contribution in [2.24, 2.45) is 4.99 Å². The van der Waals surface area contributed by atoms with Crippen LogP contribution in [0.1, 0.15) is 33.5 Å². The average Bonchev–Trinajstić information content (AvgIpc) is 2.28. The highest BCUT2D eigenvalue weighted by Gasteiger charge is 2.16. The zero-order valence-electron chi connectivity index (χ0n) is 9.25. The summed E-state index contributed by atoms with van der Waals surface area (Å²) in [4.78, 5) is 7.04. The van der Waals surface area contributed by atoms with Gasteiger partial charge in [0.1, 0.15) is 0 Å². The Bertz CT molecular complexity index is 179. The Morgan fingerprint density at radius 2 is 1.71 bits per heavy atom. The minimum Gasteiger partial charge on any atom is -1.00 e. The second-order valence-corrected chi connectivity index (χ2v) is 3.45. The summed E-state index contributed by atoms with van der Waals surface area (Å²) in [6, 6.07) is 0. The lowest BCUT2D eigenvalue weighted by Crippen LogP contribution is -3.00. The van der Waals surface area contributed by atoms with Gasteiger partial charge in [-0.2, -0.15) is 0 Å². The quantitative estimate of drug-likeness (QED) is 0.562. The Hall–Kier alpha value is 0.910. The summed E-state index contributed by atoms with van der Waals surface area (Å²) in [5.41, 5.74) is 0. The van der Waals surface area contributed by atoms with E-state index < -0.39 is 0 Å². The normalized spacial score (nSPS) is 20.0. The molecule has 5 heteroatoms. The van der Waals surface area contributed by atoms with Crippen molar-refractivity contribution >= 4 is 39.8 Å². The van der Waals surface area contributed by atoms with Gasteiger partial charge in [-0.1, -0.05) is 6.42 Å². The fraction of sp³-hybridized carbons (Fsp3) is 0.889. The first-order valence-corrected chi connectivity index (χ1v) is 4.75. The van der Waals surface area contributed by atoms with Gasteiger partial charge in [0.25, 0.3) is 0 Å². The third-order valence-electron chi connectivity index (χ3n) is 2.57. The molecule has 1 saturated heterocycles. The highest BCUT2D eigenvalue weighted by Crippen LogP contribution is 2.15. The molecule has 0 aromatic rings. The zero-order valence-corrected chi connectivity index (χ0v) is 13.3. The van der Waals surface area contributed by atoms with Crippen LogP contribution in [0.4, 0.5) is 0 Å². The Morgan fingerprint density at radius 3 is 2.50 bits per heavy atom. The van der Waals surface area contributed by atoms with Crippen molar-refractivity contribution in [2.75, 3.05) is 19.6 Å². The van der Waals surface area contributed by atoms with Gasteiger partial charge in [-0.05, 0) is 19.3 Å². The molecule has 0 unspecified atom stereocenters. The number of fused-ring (bicyclic) bond motifs is 1. The van der Waals surface area contributed by atoms with Crippen LogP contribution >= 0.6 is 34.0 Å². The Balaban J connectivity index is -0.000000360. The predicted octanol–water partition coefficient (Wildman–Crippen LogP) is -0.0631. The fourth-order valence-electron chi connectivity index (χ4n) is 1.94. The molecule has 0 saturated carbocycles. The summed E-state index contributed by atoms with van der Waals surface area (Å²) in [7, 11) is 0. The molecule has 2 aliphatic heterocycles. The van der Waals surface area contributed by atoms with Crippen molar-refractivity contribution in [1.29, 1.82) is 0 Å². The summed E-state index contributed by atoms with van der Waals surface area (Å²) in [5.74, 6) is 1.40.